The van der Waals surface area contributed by atoms with Crippen molar-refractivity contribution in [2.75, 3.05) is 13.1 Å². The van der Waals surface area contributed by atoms with Crippen LogP contribution in [-0.4, -0.2) is 39.1 Å². The minimum absolute atomic E-state index is 0.0648. The highest BCUT2D eigenvalue weighted by atomic mass is 16.2. The molecule has 3 aromatic rings. The predicted molar refractivity (Wildman–Crippen MR) is 125 cm³/mol. The van der Waals surface area contributed by atoms with Crippen molar-refractivity contribution in [3.05, 3.63) is 79.9 Å². The number of aromatic nitrogens is 2. The van der Waals surface area contributed by atoms with E-state index >= 15 is 0 Å². The van der Waals surface area contributed by atoms with Crippen molar-refractivity contribution in [3.63, 3.8) is 0 Å². The molecule has 0 unspecified atom stereocenters. The number of fused-ring (bicyclic) bond motifs is 1. The van der Waals surface area contributed by atoms with E-state index in [4.69, 9.17) is 0 Å². The third-order valence-electron chi connectivity index (χ3n) is 7.24. The molecule has 1 aromatic carbocycles. The van der Waals surface area contributed by atoms with Crippen LogP contribution < -0.4 is 5.56 Å². The van der Waals surface area contributed by atoms with E-state index in [-0.39, 0.29) is 28.7 Å². The first-order chi connectivity index (χ1) is 15.2. The normalized spacial score (nSPS) is 14.7. The van der Waals surface area contributed by atoms with Gasteiger partial charge in [0.25, 0.3) is 11.5 Å². The number of carbonyl (C=O) groups excluding carboxylic acids is 2. The van der Waals surface area contributed by atoms with Crippen molar-refractivity contribution in [1.82, 2.24) is 14.3 Å². The number of pyridine rings is 1. The molecule has 4 rings (SSSR count). The standard InChI is InChI=1S/C26H29N3O3/c1-15-16(2)18(4)23(19(5)17(15)3)24(30)20-9-12-28(13-10-20)25(31)21-14-27-22-8-6-7-11-29(22)26(21)32/h6-8,11,14,20H,9-10,12-13H2,1-5H3. The Bertz CT molecular complexity index is 1270. The first-order valence-electron chi connectivity index (χ1n) is 11.1. The first-order valence-corrected chi connectivity index (χ1v) is 11.1. The summed E-state index contributed by atoms with van der Waals surface area (Å²) in [6.45, 7) is 11.2. The lowest BCUT2D eigenvalue weighted by Crippen LogP contribution is -2.42. The maximum atomic E-state index is 13.4. The third-order valence-corrected chi connectivity index (χ3v) is 7.24. The monoisotopic (exact) mass is 431 g/mol. The van der Waals surface area contributed by atoms with Crippen molar-refractivity contribution >= 4 is 17.3 Å². The van der Waals surface area contributed by atoms with Gasteiger partial charge in [0, 0.05) is 37.0 Å². The van der Waals surface area contributed by atoms with Gasteiger partial charge in [-0.1, -0.05) is 6.07 Å². The molecule has 1 saturated heterocycles. The second-order valence-corrected chi connectivity index (χ2v) is 8.84. The van der Waals surface area contributed by atoms with Crippen molar-refractivity contribution in [1.29, 1.82) is 0 Å². The highest BCUT2D eigenvalue weighted by Crippen LogP contribution is 2.31. The molecule has 0 bridgehead atoms. The highest BCUT2D eigenvalue weighted by molar-refractivity contribution is 6.01. The van der Waals surface area contributed by atoms with Gasteiger partial charge in [-0.3, -0.25) is 18.8 Å². The summed E-state index contributed by atoms with van der Waals surface area (Å²) in [5.41, 5.74) is 6.76. The van der Waals surface area contributed by atoms with E-state index in [1.165, 1.54) is 27.3 Å². The zero-order valence-corrected chi connectivity index (χ0v) is 19.4. The van der Waals surface area contributed by atoms with Crippen LogP contribution >= 0.6 is 0 Å². The summed E-state index contributed by atoms with van der Waals surface area (Å²) in [4.78, 5) is 45.1. The quantitative estimate of drug-likeness (QED) is 0.588. The van der Waals surface area contributed by atoms with Crippen LogP contribution in [0.25, 0.3) is 5.65 Å². The van der Waals surface area contributed by atoms with Gasteiger partial charge in [-0.25, -0.2) is 4.98 Å². The van der Waals surface area contributed by atoms with Gasteiger partial charge in [-0.15, -0.1) is 0 Å². The number of likely N-dealkylation sites (tertiary alicyclic amines) is 1. The van der Waals surface area contributed by atoms with Crippen molar-refractivity contribution in [3.8, 4) is 0 Å². The summed E-state index contributed by atoms with van der Waals surface area (Å²) in [5, 5.41) is 0. The Hall–Kier alpha value is -3.28. The van der Waals surface area contributed by atoms with Crippen LogP contribution in [0.15, 0.2) is 35.4 Å². The topological polar surface area (TPSA) is 71.8 Å². The first kappa shape index (κ1) is 21.9. The molecule has 0 saturated carbocycles. The number of piperidine rings is 1. The molecule has 3 heterocycles. The van der Waals surface area contributed by atoms with E-state index < -0.39 is 0 Å². The third kappa shape index (κ3) is 3.53. The van der Waals surface area contributed by atoms with Crippen LogP contribution in [0.5, 0.6) is 0 Å². The zero-order chi connectivity index (χ0) is 23.2. The van der Waals surface area contributed by atoms with E-state index in [1.54, 1.807) is 29.3 Å². The summed E-state index contributed by atoms with van der Waals surface area (Å²) in [7, 11) is 0. The van der Waals surface area contributed by atoms with E-state index in [0.29, 0.717) is 31.6 Å². The van der Waals surface area contributed by atoms with Crippen LogP contribution in [0.2, 0.25) is 0 Å². The molecule has 1 aliphatic heterocycles. The fourth-order valence-electron chi connectivity index (χ4n) is 4.76. The number of Topliss-reactive ketones (excluding diaryl/α,β-unsaturated/α-hetero) is 1. The lowest BCUT2D eigenvalue weighted by Gasteiger charge is -2.32. The van der Waals surface area contributed by atoms with Crippen molar-refractivity contribution < 1.29 is 9.59 Å². The summed E-state index contributed by atoms with van der Waals surface area (Å²) in [6, 6.07) is 5.26. The maximum Gasteiger partial charge on any atom is 0.270 e. The lowest BCUT2D eigenvalue weighted by molar-refractivity contribution is 0.0648. The van der Waals surface area contributed by atoms with Gasteiger partial charge in [-0.05, 0) is 87.4 Å². The van der Waals surface area contributed by atoms with E-state index in [2.05, 4.69) is 25.8 Å². The Labute approximate surface area is 187 Å². The van der Waals surface area contributed by atoms with Crippen LogP contribution in [0, 0.1) is 40.5 Å². The number of amides is 1. The number of ketones is 1. The number of rotatable bonds is 3. The number of carbonyl (C=O) groups is 2. The van der Waals surface area contributed by atoms with Crippen LogP contribution in [0.4, 0.5) is 0 Å². The van der Waals surface area contributed by atoms with Crippen molar-refractivity contribution in [2.24, 2.45) is 5.92 Å². The second-order valence-electron chi connectivity index (χ2n) is 8.84. The summed E-state index contributed by atoms with van der Waals surface area (Å²) in [5.74, 6) is -0.263. The summed E-state index contributed by atoms with van der Waals surface area (Å²) < 4.78 is 1.39. The molecule has 0 atom stereocenters. The maximum absolute atomic E-state index is 13.4. The number of hydrogen-bond donors (Lipinski definition) is 0. The highest BCUT2D eigenvalue weighted by Gasteiger charge is 2.31. The van der Waals surface area contributed by atoms with Crippen LogP contribution in [-0.2, 0) is 0 Å². The lowest BCUT2D eigenvalue weighted by atomic mass is 9.81. The SMILES string of the molecule is Cc1c(C)c(C)c(C(=O)C2CCN(C(=O)c3cnc4ccccn4c3=O)CC2)c(C)c1C. The Balaban J connectivity index is 1.53. The second kappa shape index (κ2) is 8.34. The minimum Gasteiger partial charge on any atom is -0.338 e. The molecule has 6 nitrogen and oxygen atoms in total. The predicted octanol–water partition coefficient (Wildman–Crippen LogP) is 3.97. The molecule has 6 heteroatoms. The average Bonchev–Trinajstić information content (AvgIpc) is 2.81. The fourth-order valence-corrected chi connectivity index (χ4v) is 4.76. The van der Waals surface area contributed by atoms with Crippen molar-refractivity contribution in [2.45, 2.75) is 47.5 Å². The Morgan fingerprint density at radius 1 is 0.906 bits per heavy atom. The molecular weight excluding hydrogens is 402 g/mol. The summed E-state index contributed by atoms with van der Waals surface area (Å²) >= 11 is 0. The number of benzene rings is 1. The van der Waals surface area contributed by atoms with Gasteiger partial charge >= 0.3 is 0 Å². The molecule has 0 radical (unpaired) electrons. The molecule has 166 valence electrons. The van der Waals surface area contributed by atoms with Gasteiger partial charge in [-0.2, -0.15) is 0 Å². The molecule has 0 N–H and O–H groups in total. The largest absolute Gasteiger partial charge is 0.338 e. The Morgan fingerprint density at radius 2 is 1.50 bits per heavy atom. The van der Waals surface area contributed by atoms with E-state index in [0.717, 1.165) is 16.7 Å². The molecule has 0 aliphatic carbocycles. The number of hydrogen-bond acceptors (Lipinski definition) is 4. The fraction of sp³-hybridized carbons (Fsp3) is 0.385. The molecule has 1 aliphatic rings. The van der Waals surface area contributed by atoms with Gasteiger partial charge < -0.3 is 4.90 Å². The van der Waals surface area contributed by atoms with Gasteiger partial charge in [0.1, 0.15) is 11.2 Å². The van der Waals surface area contributed by atoms with Gasteiger partial charge in [0.15, 0.2) is 5.78 Å². The summed E-state index contributed by atoms with van der Waals surface area (Å²) in [6.07, 6.45) is 4.17. The Morgan fingerprint density at radius 3 is 2.12 bits per heavy atom. The molecule has 2 aromatic heterocycles. The van der Waals surface area contributed by atoms with Gasteiger partial charge in [0.2, 0.25) is 0 Å². The molecule has 32 heavy (non-hydrogen) atoms. The average molecular weight is 432 g/mol. The smallest absolute Gasteiger partial charge is 0.270 e. The van der Waals surface area contributed by atoms with Crippen LogP contribution in [0.3, 0.4) is 0 Å². The van der Waals surface area contributed by atoms with E-state index in [9.17, 15) is 14.4 Å². The molecule has 1 fully saturated rings. The zero-order valence-electron chi connectivity index (χ0n) is 19.4. The Kier molecular flexibility index (Phi) is 5.71. The molecule has 0 spiro atoms. The van der Waals surface area contributed by atoms with Gasteiger partial charge in [0.05, 0.1) is 0 Å². The minimum atomic E-state index is -0.365. The van der Waals surface area contributed by atoms with Crippen LogP contribution in [0.1, 0.15) is 61.4 Å². The molecule has 1 amide bonds. The number of nitrogens with zero attached hydrogens (tertiary/aromatic N) is 3. The molecular formula is C26H29N3O3. The van der Waals surface area contributed by atoms with E-state index in [1.807, 2.05) is 13.8 Å².